The molecule has 1 aromatic carbocycles. The van der Waals surface area contributed by atoms with Gasteiger partial charge in [-0.1, -0.05) is 25.5 Å². The minimum absolute atomic E-state index is 0.0137. The molecule has 7 heteroatoms. The van der Waals surface area contributed by atoms with Gasteiger partial charge in [0, 0.05) is 38.3 Å². The molecule has 150 valence electrons. The smallest absolute Gasteiger partial charge is 0.240 e. The van der Waals surface area contributed by atoms with Crippen LogP contribution >= 0.6 is 0 Å². The average Bonchev–Trinajstić information content (AvgIpc) is 2.65. The van der Waals surface area contributed by atoms with Crippen LogP contribution in [-0.2, 0) is 20.9 Å². The fourth-order valence-corrected chi connectivity index (χ4v) is 3.08. The SMILES string of the molecule is CCCC(C)(N)C(=O)NCc1cccc(NC(=O)CCN2CCOCC2)c1. The van der Waals surface area contributed by atoms with Crippen LogP contribution in [0.5, 0.6) is 0 Å². The minimum atomic E-state index is -0.861. The van der Waals surface area contributed by atoms with Gasteiger partial charge in [-0.3, -0.25) is 14.5 Å². The van der Waals surface area contributed by atoms with Gasteiger partial charge in [-0.2, -0.15) is 0 Å². The lowest BCUT2D eigenvalue weighted by Crippen LogP contribution is -2.51. The Bertz CT molecular complexity index is 627. The van der Waals surface area contributed by atoms with E-state index >= 15 is 0 Å². The molecule has 1 saturated heterocycles. The zero-order valence-corrected chi connectivity index (χ0v) is 16.4. The number of carbonyl (C=O) groups is 2. The van der Waals surface area contributed by atoms with Crippen molar-refractivity contribution in [3.63, 3.8) is 0 Å². The third-order valence-electron chi connectivity index (χ3n) is 4.71. The number of carbonyl (C=O) groups excluding carboxylic acids is 2. The molecule has 7 nitrogen and oxygen atoms in total. The Morgan fingerprint density at radius 2 is 2.04 bits per heavy atom. The largest absolute Gasteiger partial charge is 0.379 e. The fourth-order valence-electron chi connectivity index (χ4n) is 3.08. The number of hydrogen-bond donors (Lipinski definition) is 3. The molecular formula is C20H32N4O3. The van der Waals surface area contributed by atoms with Gasteiger partial charge in [0.2, 0.25) is 11.8 Å². The molecule has 1 fully saturated rings. The summed E-state index contributed by atoms with van der Waals surface area (Å²) in [4.78, 5) is 26.6. The van der Waals surface area contributed by atoms with Crippen LogP contribution in [0.25, 0.3) is 0 Å². The van der Waals surface area contributed by atoms with Crippen molar-refractivity contribution in [1.82, 2.24) is 10.2 Å². The molecule has 4 N–H and O–H groups in total. The Labute approximate surface area is 161 Å². The molecule has 1 unspecified atom stereocenters. The Morgan fingerprint density at radius 1 is 1.30 bits per heavy atom. The summed E-state index contributed by atoms with van der Waals surface area (Å²) in [6.45, 7) is 8.08. The molecule has 0 bridgehead atoms. The van der Waals surface area contributed by atoms with E-state index in [0.717, 1.165) is 50.5 Å². The van der Waals surface area contributed by atoms with Gasteiger partial charge in [-0.15, -0.1) is 0 Å². The van der Waals surface area contributed by atoms with Gasteiger partial charge in [-0.05, 0) is 31.0 Å². The molecule has 1 heterocycles. The number of benzene rings is 1. The first kappa shape index (κ1) is 21.3. The van der Waals surface area contributed by atoms with E-state index in [1.807, 2.05) is 31.2 Å². The zero-order chi connectivity index (χ0) is 19.7. The number of anilines is 1. The molecule has 1 atom stereocenters. The van der Waals surface area contributed by atoms with Crippen LogP contribution in [-0.4, -0.2) is 55.1 Å². The summed E-state index contributed by atoms with van der Waals surface area (Å²) >= 11 is 0. The van der Waals surface area contributed by atoms with Crippen LogP contribution in [0.4, 0.5) is 5.69 Å². The maximum absolute atomic E-state index is 12.2. The van der Waals surface area contributed by atoms with Gasteiger partial charge in [0.15, 0.2) is 0 Å². The van der Waals surface area contributed by atoms with Gasteiger partial charge in [0.1, 0.15) is 0 Å². The lowest BCUT2D eigenvalue weighted by molar-refractivity contribution is -0.126. The number of hydrogen-bond acceptors (Lipinski definition) is 5. The van der Waals surface area contributed by atoms with Crippen molar-refractivity contribution < 1.29 is 14.3 Å². The summed E-state index contributed by atoms with van der Waals surface area (Å²) < 4.78 is 5.31. The zero-order valence-electron chi connectivity index (χ0n) is 16.4. The third kappa shape index (κ3) is 7.28. The first-order valence-electron chi connectivity index (χ1n) is 9.67. The highest BCUT2D eigenvalue weighted by Crippen LogP contribution is 2.13. The highest BCUT2D eigenvalue weighted by molar-refractivity contribution is 5.91. The predicted molar refractivity (Wildman–Crippen MR) is 106 cm³/mol. The summed E-state index contributed by atoms with van der Waals surface area (Å²) in [6, 6.07) is 7.51. The van der Waals surface area contributed by atoms with Gasteiger partial charge < -0.3 is 21.1 Å². The Kier molecular flexibility index (Phi) is 8.22. The molecule has 27 heavy (non-hydrogen) atoms. The quantitative estimate of drug-likeness (QED) is 0.607. The van der Waals surface area contributed by atoms with Crippen molar-refractivity contribution in [2.75, 3.05) is 38.2 Å². The van der Waals surface area contributed by atoms with Gasteiger partial charge in [-0.25, -0.2) is 0 Å². The van der Waals surface area contributed by atoms with Crippen LogP contribution in [0.15, 0.2) is 24.3 Å². The molecule has 0 aliphatic carbocycles. The van der Waals surface area contributed by atoms with Crippen LogP contribution < -0.4 is 16.4 Å². The second-order valence-corrected chi connectivity index (χ2v) is 7.30. The first-order chi connectivity index (χ1) is 12.9. The molecular weight excluding hydrogens is 344 g/mol. The van der Waals surface area contributed by atoms with Crippen molar-refractivity contribution in [2.45, 2.75) is 45.2 Å². The van der Waals surface area contributed by atoms with Crippen molar-refractivity contribution in [3.05, 3.63) is 29.8 Å². The monoisotopic (exact) mass is 376 g/mol. The lowest BCUT2D eigenvalue weighted by Gasteiger charge is -2.26. The number of ether oxygens (including phenoxy) is 1. The van der Waals surface area contributed by atoms with Crippen molar-refractivity contribution in [2.24, 2.45) is 5.73 Å². The number of amides is 2. The van der Waals surface area contributed by atoms with Crippen LogP contribution in [0.3, 0.4) is 0 Å². The van der Waals surface area contributed by atoms with Crippen LogP contribution in [0, 0.1) is 0 Å². The second kappa shape index (κ2) is 10.4. The number of nitrogens with one attached hydrogen (secondary N) is 2. The molecule has 0 saturated carbocycles. The fraction of sp³-hybridized carbons (Fsp3) is 0.600. The standard InChI is InChI=1S/C20H32N4O3/c1-3-8-20(2,21)19(26)22-15-16-5-4-6-17(14-16)23-18(25)7-9-24-10-12-27-13-11-24/h4-6,14H,3,7-13,15,21H2,1-2H3,(H,22,26)(H,23,25). The number of nitrogens with two attached hydrogens (primary N) is 1. The van der Waals surface area contributed by atoms with Crippen molar-refractivity contribution in [1.29, 1.82) is 0 Å². The molecule has 1 aromatic rings. The minimum Gasteiger partial charge on any atom is -0.379 e. The summed E-state index contributed by atoms with van der Waals surface area (Å²) in [5.41, 5.74) is 6.84. The maximum Gasteiger partial charge on any atom is 0.240 e. The molecule has 0 spiro atoms. The maximum atomic E-state index is 12.2. The van der Waals surface area contributed by atoms with Crippen molar-refractivity contribution in [3.8, 4) is 0 Å². The molecule has 0 radical (unpaired) electrons. The highest BCUT2D eigenvalue weighted by Gasteiger charge is 2.26. The number of morpholine rings is 1. The summed E-state index contributed by atoms with van der Waals surface area (Å²) in [5.74, 6) is -0.176. The van der Waals surface area contributed by atoms with E-state index in [1.54, 1.807) is 6.92 Å². The third-order valence-corrected chi connectivity index (χ3v) is 4.71. The van der Waals surface area contributed by atoms with Crippen LogP contribution in [0.2, 0.25) is 0 Å². The lowest BCUT2D eigenvalue weighted by atomic mass is 9.96. The summed E-state index contributed by atoms with van der Waals surface area (Å²) in [7, 11) is 0. The normalized spacial score (nSPS) is 17.1. The molecule has 1 aliphatic rings. The van der Waals surface area contributed by atoms with Gasteiger partial charge >= 0.3 is 0 Å². The van der Waals surface area contributed by atoms with E-state index < -0.39 is 5.54 Å². The topological polar surface area (TPSA) is 96.7 Å². The Hall–Kier alpha value is -1.96. The van der Waals surface area contributed by atoms with Gasteiger partial charge in [0.05, 0.1) is 18.8 Å². The average molecular weight is 377 g/mol. The highest BCUT2D eigenvalue weighted by atomic mass is 16.5. The molecule has 2 rings (SSSR count). The number of rotatable bonds is 9. The number of nitrogens with zero attached hydrogens (tertiary/aromatic N) is 1. The molecule has 0 aromatic heterocycles. The predicted octanol–water partition coefficient (Wildman–Crippen LogP) is 1.48. The summed E-state index contributed by atoms with van der Waals surface area (Å²) in [5, 5.41) is 5.80. The van der Waals surface area contributed by atoms with E-state index in [9.17, 15) is 9.59 Å². The van der Waals surface area contributed by atoms with E-state index in [4.69, 9.17) is 10.5 Å². The Morgan fingerprint density at radius 3 is 2.74 bits per heavy atom. The van der Waals surface area contributed by atoms with E-state index in [0.29, 0.717) is 19.4 Å². The van der Waals surface area contributed by atoms with E-state index in [1.165, 1.54) is 0 Å². The van der Waals surface area contributed by atoms with Crippen molar-refractivity contribution >= 4 is 17.5 Å². The second-order valence-electron chi connectivity index (χ2n) is 7.30. The summed E-state index contributed by atoms with van der Waals surface area (Å²) in [6.07, 6.45) is 1.94. The molecule has 1 aliphatic heterocycles. The molecule has 2 amide bonds. The van der Waals surface area contributed by atoms with Gasteiger partial charge in [0.25, 0.3) is 0 Å². The Balaban J connectivity index is 1.80. The first-order valence-corrected chi connectivity index (χ1v) is 9.67. The van der Waals surface area contributed by atoms with Crippen LogP contribution in [0.1, 0.15) is 38.7 Å². The van der Waals surface area contributed by atoms with E-state index in [-0.39, 0.29) is 11.8 Å². The van der Waals surface area contributed by atoms with E-state index in [2.05, 4.69) is 15.5 Å².